The van der Waals surface area contributed by atoms with Crippen molar-refractivity contribution >= 4 is 11.6 Å². The maximum Gasteiger partial charge on any atom is 0.332 e. The average molecular weight is 294 g/mol. The summed E-state index contributed by atoms with van der Waals surface area (Å²) in [7, 11) is 2.81. The first-order valence-electron chi connectivity index (χ1n) is 7.14. The molecule has 2 heterocycles. The molecule has 1 aliphatic rings. The van der Waals surface area contributed by atoms with E-state index in [9.17, 15) is 14.4 Å². The molecule has 21 heavy (non-hydrogen) atoms. The molecule has 7 heteroatoms. The van der Waals surface area contributed by atoms with Crippen LogP contribution in [0, 0.1) is 5.92 Å². The Bertz CT molecular complexity index is 674. The molecule has 1 unspecified atom stereocenters. The van der Waals surface area contributed by atoms with Crippen LogP contribution in [-0.2, 0) is 14.1 Å². The Kier molecular flexibility index (Phi) is 4.32. The number of rotatable bonds is 3. The van der Waals surface area contributed by atoms with Crippen molar-refractivity contribution in [3.8, 4) is 0 Å². The molecule has 0 radical (unpaired) electrons. The number of hydrogen-bond donors (Lipinski definition) is 1. The van der Waals surface area contributed by atoms with Crippen LogP contribution in [0.3, 0.4) is 0 Å². The van der Waals surface area contributed by atoms with Crippen molar-refractivity contribution in [1.29, 1.82) is 0 Å². The topological polar surface area (TPSA) is 90.3 Å². The molecule has 0 bridgehead atoms. The summed E-state index contributed by atoms with van der Waals surface area (Å²) >= 11 is 0. The third-order valence-corrected chi connectivity index (χ3v) is 4.10. The summed E-state index contributed by atoms with van der Waals surface area (Å²) in [6, 6.07) is 0. The Balaban J connectivity index is 2.32. The molecular weight excluding hydrogens is 272 g/mol. The number of nitrogens with two attached hydrogens (primary N) is 1. The number of Topliss-reactive ketones (excluding diaryl/α,β-unsaturated/α-hetero) is 1. The molecule has 0 aromatic carbocycles. The second kappa shape index (κ2) is 5.85. The number of carbonyl (C=O) groups excluding carboxylic acids is 1. The minimum atomic E-state index is -0.620. The van der Waals surface area contributed by atoms with Crippen LogP contribution in [0.2, 0.25) is 0 Å². The zero-order chi connectivity index (χ0) is 15.7. The van der Waals surface area contributed by atoms with Crippen molar-refractivity contribution < 1.29 is 4.79 Å². The normalized spacial score (nSPS) is 19.7. The maximum absolute atomic E-state index is 12.4. The summed E-state index contributed by atoms with van der Waals surface area (Å²) in [5.41, 5.74) is 4.56. The van der Waals surface area contributed by atoms with Gasteiger partial charge in [0, 0.05) is 20.6 Å². The van der Waals surface area contributed by atoms with Crippen LogP contribution in [0.1, 0.15) is 30.1 Å². The van der Waals surface area contributed by atoms with Crippen molar-refractivity contribution in [2.24, 2.45) is 20.0 Å². The van der Waals surface area contributed by atoms with Crippen LogP contribution in [-0.4, -0.2) is 39.5 Å². The Morgan fingerprint density at radius 3 is 2.57 bits per heavy atom. The zero-order valence-electron chi connectivity index (χ0n) is 12.8. The summed E-state index contributed by atoms with van der Waals surface area (Å²) in [6.45, 7) is 4.01. The molecule has 1 saturated heterocycles. The number of hydrogen-bond acceptors (Lipinski definition) is 5. The van der Waals surface area contributed by atoms with Gasteiger partial charge < -0.3 is 5.73 Å². The fraction of sp³-hybridized carbons (Fsp3) is 0.643. The quantitative estimate of drug-likeness (QED) is 0.765. The van der Waals surface area contributed by atoms with Gasteiger partial charge in [0.05, 0.1) is 6.54 Å². The molecule has 0 saturated carbocycles. The molecule has 1 atom stereocenters. The lowest BCUT2D eigenvalue weighted by atomic mass is 10.00. The molecule has 116 valence electrons. The number of nitrogen functional groups attached to an aromatic ring is 1. The smallest absolute Gasteiger partial charge is 0.332 e. The highest BCUT2D eigenvalue weighted by atomic mass is 16.2. The highest BCUT2D eigenvalue weighted by molar-refractivity contribution is 6.01. The second-order valence-corrected chi connectivity index (χ2v) is 5.87. The summed E-state index contributed by atoms with van der Waals surface area (Å²) < 4.78 is 2.05. The lowest BCUT2D eigenvalue weighted by molar-refractivity contribution is 0.0891. The van der Waals surface area contributed by atoms with Crippen molar-refractivity contribution in [3.05, 3.63) is 26.4 Å². The first kappa shape index (κ1) is 15.5. The van der Waals surface area contributed by atoms with Gasteiger partial charge >= 0.3 is 5.69 Å². The van der Waals surface area contributed by atoms with Crippen molar-refractivity contribution in [3.63, 3.8) is 0 Å². The van der Waals surface area contributed by atoms with Crippen LogP contribution in [0.5, 0.6) is 0 Å². The molecule has 1 fully saturated rings. The van der Waals surface area contributed by atoms with Gasteiger partial charge in [-0.1, -0.05) is 6.92 Å². The largest absolute Gasteiger partial charge is 0.384 e. The van der Waals surface area contributed by atoms with E-state index in [1.54, 1.807) is 0 Å². The van der Waals surface area contributed by atoms with E-state index in [2.05, 4.69) is 6.92 Å². The molecule has 7 nitrogen and oxygen atoms in total. The molecular formula is C14H22N4O3. The highest BCUT2D eigenvalue weighted by Crippen LogP contribution is 2.16. The van der Waals surface area contributed by atoms with Gasteiger partial charge in [-0.25, -0.2) is 4.79 Å². The van der Waals surface area contributed by atoms with E-state index >= 15 is 0 Å². The van der Waals surface area contributed by atoms with Gasteiger partial charge in [-0.05, 0) is 25.3 Å². The number of aromatic nitrogens is 2. The van der Waals surface area contributed by atoms with Crippen LogP contribution < -0.4 is 17.0 Å². The number of carbonyl (C=O) groups is 1. The van der Waals surface area contributed by atoms with Gasteiger partial charge in [0.25, 0.3) is 5.56 Å². The molecule has 1 aromatic rings. The zero-order valence-corrected chi connectivity index (χ0v) is 12.8. The first-order valence-corrected chi connectivity index (χ1v) is 7.14. The van der Waals surface area contributed by atoms with E-state index in [-0.39, 0.29) is 23.7 Å². The van der Waals surface area contributed by atoms with Crippen molar-refractivity contribution in [1.82, 2.24) is 14.0 Å². The number of anilines is 1. The number of nitrogens with zero attached hydrogens (tertiary/aromatic N) is 3. The monoisotopic (exact) mass is 294 g/mol. The fourth-order valence-corrected chi connectivity index (χ4v) is 2.83. The molecule has 2 N–H and O–H groups in total. The molecule has 2 rings (SSSR count). The Morgan fingerprint density at radius 2 is 1.95 bits per heavy atom. The van der Waals surface area contributed by atoms with E-state index in [0.717, 1.165) is 35.1 Å². The maximum atomic E-state index is 12.4. The highest BCUT2D eigenvalue weighted by Gasteiger charge is 2.24. The Morgan fingerprint density at radius 1 is 1.29 bits per heavy atom. The van der Waals surface area contributed by atoms with E-state index in [4.69, 9.17) is 5.73 Å². The van der Waals surface area contributed by atoms with E-state index in [0.29, 0.717) is 5.92 Å². The Hall–Kier alpha value is -1.89. The summed E-state index contributed by atoms with van der Waals surface area (Å²) in [5, 5.41) is 0. The van der Waals surface area contributed by atoms with E-state index in [1.807, 2.05) is 4.90 Å². The third-order valence-electron chi connectivity index (χ3n) is 4.10. The Labute approximate surface area is 123 Å². The molecule has 0 aliphatic carbocycles. The standard InChI is InChI=1S/C14H22N4O3/c1-9-5-4-6-18(7-9)8-10(19)11-12(15)16(2)14(21)17(3)13(11)20/h9H,4-8,15H2,1-3H3. The van der Waals surface area contributed by atoms with Crippen LogP contribution >= 0.6 is 0 Å². The van der Waals surface area contributed by atoms with Gasteiger partial charge in [0.15, 0.2) is 5.78 Å². The lowest BCUT2D eigenvalue weighted by Crippen LogP contribution is -2.44. The van der Waals surface area contributed by atoms with Gasteiger partial charge in [-0.3, -0.25) is 23.6 Å². The average Bonchev–Trinajstić information content (AvgIpc) is 2.43. The number of ketones is 1. The summed E-state index contributed by atoms with van der Waals surface area (Å²) in [4.78, 5) is 38.4. The van der Waals surface area contributed by atoms with Crippen molar-refractivity contribution in [2.75, 3.05) is 25.4 Å². The minimum Gasteiger partial charge on any atom is -0.384 e. The predicted molar refractivity (Wildman–Crippen MR) is 80.5 cm³/mol. The van der Waals surface area contributed by atoms with Gasteiger partial charge in [-0.15, -0.1) is 0 Å². The first-order chi connectivity index (χ1) is 9.82. The summed E-state index contributed by atoms with van der Waals surface area (Å²) in [6.07, 6.45) is 2.21. The number of likely N-dealkylation sites (tertiary alicyclic amines) is 1. The summed E-state index contributed by atoms with van der Waals surface area (Å²) in [5.74, 6) is 0.169. The van der Waals surface area contributed by atoms with Gasteiger partial charge in [-0.2, -0.15) is 0 Å². The van der Waals surface area contributed by atoms with Crippen LogP contribution in [0.25, 0.3) is 0 Å². The second-order valence-electron chi connectivity index (χ2n) is 5.87. The van der Waals surface area contributed by atoms with Crippen LogP contribution in [0.15, 0.2) is 9.59 Å². The van der Waals surface area contributed by atoms with Gasteiger partial charge in [0.2, 0.25) is 0 Å². The molecule has 1 aromatic heterocycles. The van der Waals surface area contributed by atoms with Crippen LogP contribution in [0.4, 0.5) is 5.82 Å². The SMILES string of the molecule is CC1CCCN(CC(=O)c2c(N)n(C)c(=O)n(C)c2=O)C1. The predicted octanol–water partition coefficient (Wildman–Crippen LogP) is -0.419. The number of piperidine rings is 1. The van der Waals surface area contributed by atoms with Gasteiger partial charge in [0.1, 0.15) is 11.4 Å². The fourth-order valence-electron chi connectivity index (χ4n) is 2.83. The van der Waals surface area contributed by atoms with E-state index in [1.165, 1.54) is 14.1 Å². The van der Waals surface area contributed by atoms with Crippen molar-refractivity contribution in [2.45, 2.75) is 19.8 Å². The minimum absolute atomic E-state index is 0.0573. The molecule has 0 amide bonds. The third kappa shape index (κ3) is 2.92. The van der Waals surface area contributed by atoms with E-state index < -0.39 is 11.2 Å². The molecule has 0 spiro atoms. The lowest BCUT2D eigenvalue weighted by Gasteiger charge is -2.30. The molecule has 1 aliphatic heterocycles.